The number of rotatable bonds is 9. The fraction of sp³-hybridized carbons (Fsp3) is 0.333. The van der Waals surface area contributed by atoms with Crippen LogP contribution in [0.1, 0.15) is 41.4 Å². The van der Waals surface area contributed by atoms with Crippen LogP contribution in [0.5, 0.6) is 0 Å². The second-order valence-corrected chi connectivity index (χ2v) is 7.41. The molecule has 158 valence electrons. The Balaban J connectivity index is 1.56. The predicted molar refractivity (Wildman–Crippen MR) is 119 cm³/mol. The molecule has 6 heteroatoms. The number of ether oxygens (including phenoxy) is 1. The van der Waals surface area contributed by atoms with Crippen LogP contribution in [0.15, 0.2) is 54.6 Å². The Morgan fingerprint density at radius 1 is 1.07 bits per heavy atom. The molecule has 2 N–H and O–H groups in total. The summed E-state index contributed by atoms with van der Waals surface area (Å²) in [7, 11) is 0. The molecule has 30 heavy (non-hydrogen) atoms. The first kappa shape index (κ1) is 21.6. The zero-order valence-electron chi connectivity index (χ0n) is 17.9. The lowest BCUT2D eigenvalue weighted by atomic mass is 10.1. The Kier molecular flexibility index (Phi) is 7.63. The Bertz CT molecular complexity index is 981. The van der Waals surface area contributed by atoms with Crippen molar-refractivity contribution in [2.24, 2.45) is 0 Å². The monoisotopic (exact) mass is 406 g/mol. The molecule has 6 nitrogen and oxygen atoms in total. The van der Waals surface area contributed by atoms with Crippen molar-refractivity contribution >= 4 is 11.7 Å². The van der Waals surface area contributed by atoms with Gasteiger partial charge in [0.1, 0.15) is 0 Å². The highest BCUT2D eigenvalue weighted by Gasteiger charge is 2.07. The van der Waals surface area contributed by atoms with Crippen molar-refractivity contribution in [3.8, 4) is 0 Å². The summed E-state index contributed by atoms with van der Waals surface area (Å²) in [4.78, 5) is 12.4. The van der Waals surface area contributed by atoms with Crippen molar-refractivity contribution in [3.05, 3.63) is 82.7 Å². The lowest BCUT2D eigenvalue weighted by molar-refractivity contribution is 0.121. The number of urea groups is 1. The number of hydrogen-bond acceptors (Lipinski definition) is 3. The van der Waals surface area contributed by atoms with Crippen molar-refractivity contribution in [2.45, 2.75) is 46.9 Å². The van der Waals surface area contributed by atoms with Crippen LogP contribution in [0.3, 0.4) is 0 Å². The van der Waals surface area contributed by atoms with E-state index in [1.54, 1.807) is 0 Å². The molecule has 0 atom stereocenters. The standard InChI is InChI=1S/C24H30N4O2/c1-4-12-30-17-22-10-6-5-9-21(22)15-25-24(29)26-23-11-7-8-20(14-23)16-28-19(3)13-18(2)27-28/h5-11,13-14H,4,12,15-17H2,1-3H3,(H2,25,26,29). The quantitative estimate of drug-likeness (QED) is 0.502. The second-order valence-electron chi connectivity index (χ2n) is 7.41. The maximum Gasteiger partial charge on any atom is 0.319 e. The number of nitrogens with one attached hydrogen (secondary N) is 2. The van der Waals surface area contributed by atoms with Crippen molar-refractivity contribution in [2.75, 3.05) is 11.9 Å². The van der Waals surface area contributed by atoms with Crippen LogP contribution in [-0.4, -0.2) is 22.4 Å². The van der Waals surface area contributed by atoms with Gasteiger partial charge in [-0.25, -0.2) is 4.79 Å². The number of amides is 2. The normalized spacial score (nSPS) is 10.8. The molecule has 0 aliphatic rings. The van der Waals surface area contributed by atoms with Gasteiger partial charge in [-0.2, -0.15) is 5.10 Å². The molecule has 2 amide bonds. The van der Waals surface area contributed by atoms with E-state index in [9.17, 15) is 4.79 Å². The zero-order valence-corrected chi connectivity index (χ0v) is 17.9. The molecule has 0 radical (unpaired) electrons. The molecule has 1 heterocycles. The molecular weight excluding hydrogens is 376 g/mol. The summed E-state index contributed by atoms with van der Waals surface area (Å²) in [5.74, 6) is 0. The lowest BCUT2D eigenvalue weighted by Gasteiger charge is -2.12. The van der Waals surface area contributed by atoms with E-state index in [2.05, 4.69) is 28.7 Å². The first-order valence-corrected chi connectivity index (χ1v) is 10.3. The van der Waals surface area contributed by atoms with E-state index in [1.807, 2.05) is 67.1 Å². The fourth-order valence-electron chi connectivity index (χ4n) is 3.30. The van der Waals surface area contributed by atoms with Gasteiger partial charge in [0.2, 0.25) is 0 Å². The van der Waals surface area contributed by atoms with E-state index < -0.39 is 0 Å². The van der Waals surface area contributed by atoms with Gasteiger partial charge in [-0.3, -0.25) is 4.68 Å². The topological polar surface area (TPSA) is 68.2 Å². The summed E-state index contributed by atoms with van der Waals surface area (Å²) < 4.78 is 7.61. The van der Waals surface area contributed by atoms with Gasteiger partial charge in [0.25, 0.3) is 0 Å². The average molecular weight is 407 g/mol. The first-order chi connectivity index (χ1) is 14.5. The molecule has 1 aromatic heterocycles. The third-order valence-corrected chi connectivity index (χ3v) is 4.78. The van der Waals surface area contributed by atoms with Crippen LogP contribution in [0.25, 0.3) is 0 Å². The largest absolute Gasteiger partial charge is 0.377 e. The number of hydrogen-bond donors (Lipinski definition) is 2. The summed E-state index contributed by atoms with van der Waals surface area (Å²) in [6, 6.07) is 17.7. The van der Waals surface area contributed by atoms with Crippen molar-refractivity contribution in [1.29, 1.82) is 0 Å². The molecule has 0 aliphatic heterocycles. The van der Waals surface area contributed by atoms with Gasteiger partial charge in [0, 0.05) is 24.5 Å². The lowest BCUT2D eigenvalue weighted by Crippen LogP contribution is -2.28. The van der Waals surface area contributed by atoms with Gasteiger partial charge in [-0.15, -0.1) is 0 Å². The molecule has 0 saturated carbocycles. The Morgan fingerprint density at radius 3 is 2.60 bits per heavy atom. The van der Waals surface area contributed by atoms with E-state index in [0.717, 1.165) is 46.8 Å². The molecule has 0 fully saturated rings. The number of benzene rings is 2. The first-order valence-electron chi connectivity index (χ1n) is 10.3. The van der Waals surface area contributed by atoms with Crippen LogP contribution in [-0.2, 0) is 24.4 Å². The summed E-state index contributed by atoms with van der Waals surface area (Å²) in [5.41, 5.74) is 6.11. The van der Waals surface area contributed by atoms with Crippen LogP contribution in [0.4, 0.5) is 10.5 Å². The number of aryl methyl sites for hydroxylation is 2. The van der Waals surface area contributed by atoms with Crippen molar-refractivity contribution in [3.63, 3.8) is 0 Å². The summed E-state index contributed by atoms with van der Waals surface area (Å²) in [6.07, 6.45) is 0.988. The summed E-state index contributed by atoms with van der Waals surface area (Å²) >= 11 is 0. The van der Waals surface area contributed by atoms with E-state index in [-0.39, 0.29) is 6.03 Å². The SMILES string of the molecule is CCCOCc1ccccc1CNC(=O)Nc1cccc(Cn2nc(C)cc2C)c1. The third-order valence-electron chi connectivity index (χ3n) is 4.78. The molecule has 0 aliphatic carbocycles. The Labute approximate surface area is 178 Å². The molecule has 0 unspecified atom stereocenters. The highest BCUT2D eigenvalue weighted by Crippen LogP contribution is 2.14. The predicted octanol–water partition coefficient (Wildman–Crippen LogP) is 4.80. The molecular formula is C24H30N4O2. The highest BCUT2D eigenvalue weighted by atomic mass is 16.5. The van der Waals surface area contributed by atoms with Gasteiger partial charge in [-0.05, 0) is 55.2 Å². The average Bonchev–Trinajstić information content (AvgIpc) is 3.04. The Morgan fingerprint density at radius 2 is 1.87 bits per heavy atom. The van der Waals surface area contributed by atoms with Crippen LogP contribution >= 0.6 is 0 Å². The van der Waals surface area contributed by atoms with Gasteiger partial charge in [-0.1, -0.05) is 43.3 Å². The number of aromatic nitrogens is 2. The van der Waals surface area contributed by atoms with E-state index in [1.165, 1.54) is 0 Å². The van der Waals surface area contributed by atoms with Crippen molar-refractivity contribution < 1.29 is 9.53 Å². The fourth-order valence-corrected chi connectivity index (χ4v) is 3.30. The smallest absolute Gasteiger partial charge is 0.319 e. The molecule has 3 aromatic rings. The maximum absolute atomic E-state index is 12.4. The van der Waals surface area contributed by atoms with Crippen LogP contribution < -0.4 is 10.6 Å². The molecule has 0 saturated heterocycles. The summed E-state index contributed by atoms with van der Waals surface area (Å²) in [5, 5.41) is 10.4. The minimum atomic E-state index is -0.234. The molecule has 0 bridgehead atoms. The van der Waals surface area contributed by atoms with Crippen LogP contribution in [0, 0.1) is 13.8 Å². The summed E-state index contributed by atoms with van der Waals surface area (Å²) in [6.45, 7) is 8.52. The van der Waals surface area contributed by atoms with Crippen LogP contribution in [0.2, 0.25) is 0 Å². The van der Waals surface area contributed by atoms with Gasteiger partial charge in [0.05, 0.1) is 18.8 Å². The number of anilines is 1. The molecule has 2 aromatic carbocycles. The second kappa shape index (κ2) is 10.6. The minimum absolute atomic E-state index is 0.234. The van der Waals surface area contributed by atoms with E-state index in [0.29, 0.717) is 19.7 Å². The van der Waals surface area contributed by atoms with Gasteiger partial charge < -0.3 is 15.4 Å². The van der Waals surface area contributed by atoms with Gasteiger partial charge >= 0.3 is 6.03 Å². The number of carbonyl (C=O) groups is 1. The Hall–Kier alpha value is -3.12. The maximum atomic E-state index is 12.4. The van der Waals surface area contributed by atoms with Crippen molar-refractivity contribution in [1.82, 2.24) is 15.1 Å². The third kappa shape index (κ3) is 6.19. The van der Waals surface area contributed by atoms with E-state index >= 15 is 0 Å². The molecule has 0 spiro atoms. The van der Waals surface area contributed by atoms with Gasteiger partial charge in [0.15, 0.2) is 0 Å². The van der Waals surface area contributed by atoms with E-state index in [4.69, 9.17) is 4.74 Å². The molecule has 3 rings (SSSR count). The number of nitrogens with zero attached hydrogens (tertiary/aromatic N) is 2. The minimum Gasteiger partial charge on any atom is -0.377 e. The highest BCUT2D eigenvalue weighted by molar-refractivity contribution is 5.89. The zero-order chi connectivity index (χ0) is 21.3. The number of carbonyl (C=O) groups excluding carboxylic acids is 1.